The molecule has 0 bridgehead atoms. The number of sulfone groups is 1. The van der Waals surface area contributed by atoms with E-state index in [0.717, 1.165) is 59.6 Å². The zero-order valence-corrected chi connectivity index (χ0v) is 23.7. The van der Waals surface area contributed by atoms with Crippen molar-refractivity contribution in [2.75, 3.05) is 32.3 Å². The maximum atomic E-state index is 13.9. The van der Waals surface area contributed by atoms with Gasteiger partial charge in [0.1, 0.15) is 33.5 Å². The Kier molecular flexibility index (Phi) is 6.48. The maximum Gasteiger partial charge on any atom is 0.172 e. The number of halogens is 1. The molecule has 210 valence electrons. The van der Waals surface area contributed by atoms with Crippen LogP contribution in [-0.4, -0.2) is 61.0 Å². The second-order valence-electron chi connectivity index (χ2n) is 11.4. The van der Waals surface area contributed by atoms with E-state index in [2.05, 4.69) is 21.1 Å². The van der Waals surface area contributed by atoms with E-state index in [-0.39, 0.29) is 23.6 Å². The van der Waals surface area contributed by atoms with Crippen LogP contribution in [0.15, 0.2) is 65.7 Å². The van der Waals surface area contributed by atoms with Gasteiger partial charge in [-0.25, -0.2) is 17.8 Å². The molecule has 3 aromatic rings. The number of piperidine rings is 1. The van der Waals surface area contributed by atoms with Gasteiger partial charge < -0.3 is 19.0 Å². The van der Waals surface area contributed by atoms with Crippen LogP contribution in [0.3, 0.4) is 0 Å². The van der Waals surface area contributed by atoms with Gasteiger partial charge in [-0.15, -0.1) is 0 Å². The van der Waals surface area contributed by atoms with Gasteiger partial charge in [-0.1, -0.05) is 23.4 Å². The zero-order valence-electron chi connectivity index (χ0n) is 22.9. The summed E-state index contributed by atoms with van der Waals surface area (Å²) in [6, 6.07) is 12.4. The van der Waals surface area contributed by atoms with Gasteiger partial charge in [-0.3, -0.25) is 0 Å². The van der Waals surface area contributed by atoms with Crippen LogP contribution in [0.1, 0.15) is 42.5 Å². The summed E-state index contributed by atoms with van der Waals surface area (Å²) in [5.74, 6) is 1.07. The molecule has 3 heterocycles. The fourth-order valence-electron chi connectivity index (χ4n) is 5.95. The lowest BCUT2D eigenvalue weighted by atomic mass is 9.79. The third kappa shape index (κ3) is 5.00. The van der Waals surface area contributed by atoms with Gasteiger partial charge in [0, 0.05) is 19.0 Å². The molecule has 2 fully saturated rings. The lowest BCUT2D eigenvalue weighted by molar-refractivity contribution is -0.0188. The number of nitrogens with zero attached hydrogens (tertiary/aromatic N) is 4. The van der Waals surface area contributed by atoms with E-state index in [1.54, 1.807) is 25.6 Å². The largest absolute Gasteiger partial charge is 0.495 e. The molecule has 6 rings (SSSR count). The molecule has 2 aromatic carbocycles. The minimum Gasteiger partial charge on any atom is -0.495 e. The van der Waals surface area contributed by atoms with Crippen molar-refractivity contribution in [3.63, 3.8) is 0 Å². The molecule has 1 saturated carbocycles. The van der Waals surface area contributed by atoms with Crippen molar-refractivity contribution < 1.29 is 22.4 Å². The van der Waals surface area contributed by atoms with Crippen LogP contribution in [0.5, 0.6) is 5.75 Å². The number of fused-ring (bicyclic) bond motifs is 1. The first-order chi connectivity index (χ1) is 19.1. The predicted molar refractivity (Wildman–Crippen MR) is 152 cm³/mol. The number of benzene rings is 2. The lowest BCUT2D eigenvalue weighted by Gasteiger charge is -2.51. The van der Waals surface area contributed by atoms with Crippen molar-refractivity contribution in [1.29, 1.82) is 0 Å². The normalized spacial score (nSPS) is 22.6. The van der Waals surface area contributed by atoms with Crippen molar-refractivity contribution in [1.82, 2.24) is 14.5 Å². The number of imidazole rings is 1. The highest BCUT2D eigenvalue weighted by atomic mass is 32.2. The van der Waals surface area contributed by atoms with Crippen LogP contribution < -0.4 is 4.74 Å². The summed E-state index contributed by atoms with van der Waals surface area (Å²) in [5, 5.41) is 4.52. The summed E-state index contributed by atoms with van der Waals surface area (Å²) in [4.78, 5) is 12.4. The summed E-state index contributed by atoms with van der Waals surface area (Å²) in [7, 11) is -1.60. The minimum atomic E-state index is -3.26. The minimum absolute atomic E-state index is 0.0179. The van der Waals surface area contributed by atoms with E-state index in [1.165, 1.54) is 18.4 Å². The SMILES string of the molecule is COc1cc(C=C2CC3(CC3)CN3C2=NOCC3(CCS(C)(=O)=O)c2ccc(F)cc2)ccc1-n1cnc(C)c1. The Morgan fingerprint density at radius 1 is 1.18 bits per heavy atom. The molecule has 1 aliphatic carbocycles. The summed E-state index contributed by atoms with van der Waals surface area (Å²) < 4.78 is 46.2. The van der Waals surface area contributed by atoms with Crippen molar-refractivity contribution in [2.24, 2.45) is 10.6 Å². The van der Waals surface area contributed by atoms with E-state index in [0.29, 0.717) is 12.3 Å². The monoisotopic (exact) mass is 564 g/mol. The molecule has 0 amide bonds. The number of hydrogen-bond acceptors (Lipinski definition) is 7. The van der Waals surface area contributed by atoms with Crippen molar-refractivity contribution in [3.05, 3.63) is 83.2 Å². The van der Waals surface area contributed by atoms with Gasteiger partial charge in [-0.2, -0.15) is 0 Å². The smallest absolute Gasteiger partial charge is 0.172 e. The molecule has 10 heteroatoms. The molecule has 8 nitrogen and oxygen atoms in total. The highest BCUT2D eigenvalue weighted by molar-refractivity contribution is 7.90. The van der Waals surface area contributed by atoms with E-state index < -0.39 is 15.4 Å². The molecule has 1 aromatic heterocycles. The van der Waals surface area contributed by atoms with Crippen LogP contribution >= 0.6 is 0 Å². The molecule has 40 heavy (non-hydrogen) atoms. The van der Waals surface area contributed by atoms with Gasteiger partial charge in [0.25, 0.3) is 0 Å². The molecule has 2 aliphatic heterocycles. The van der Waals surface area contributed by atoms with Crippen molar-refractivity contribution >= 4 is 21.7 Å². The molecule has 1 spiro atoms. The highest BCUT2D eigenvalue weighted by Gasteiger charge is 2.55. The van der Waals surface area contributed by atoms with Crippen LogP contribution in [0.4, 0.5) is 4.39 Å². The fraction of sp³-hybridized carbons (Fsp3) is 0.400. The first-order valence-corrected chi connectivity index (χ1v) is 15.5. The van der Waals surface area contributed by atoms with E-state index in [4.69, 9.17) is 9.57 Å². The topological polar surface area (TPSA) is 86.0 Å². The summed E-state index contributed by atoms with van der Waals surface area (Å²) in [6.45, 7) is 2.88. The Balaban J connectivity index is 1.42. The lowest BCUT2D eigenvalue weighted by Crippen LogP contribution is -2.59. The molecule has 0 radical (unpaired) electrons. The summed E-state index contributed by atoms with van der Waals surface area (Å²) in [5.41, 5.74) is 3.93. The van der Waals surface area contributed by atoms with E-state index in [9.17, 15) is 12.8 Å². The number of oxime groups is 1. The molecule has 0 N–H and O–H groups in total. The Labute approximate surface area is 234 Å². The molecular formula is C30H33FN4O4S. The van der Waals surface area contributed by atoms with Crippen LogP contribution in [0.25, 0.3) is 11.8 Å². The standard InChI is InChI=1S/C30H33FN4O4S/c1-21-17-34(20-32-21)26-9-4-22(15-27(26)38-2)14-23-16-29(10-11-29)18-35-28(23)33-39-19-30(35,12-13-40(3,36)37)24-5-7-25(31)8-6-24/h4-9,14-15,17,20H,10-13,16,18-19H2,1-3H3. The Morgan fingerprint density at radius 2 is 1.95 bits per heavy atom. The first-order valence-electron chi connectivity index (χ1n) is 13.4. The third-order valence-electron chi connectivity index (χ3n) is 8.33. The number of ether oxygens (including phenoxy) is 1. The van der Waals surface area contributed by atoms with Gasteiger partial charge in [0.15, 0.2) is 5.84 Å². The molecule has 1 unspecified atom stereocenters. The van der Waals surface area contributed by atoms with Gasteiger partial charge in [0.2, 0.25) is 0 Å². The quantitative estimate of drug-likeness (QED) is 0.407. The average Bonchev–Trinajstić information content (AvgIpc) is 3.52. The third-order valence-corrected chi connectivity index (χ3v) is 9.28. The Bertz CT molecular complexity index is 1610. The van der Waals surface area contributed by atoms with Crippen LogP contribution in [-0.2, 0) is 20.2 Å². The van der Waals surface area contributed by atoms with Crippen molar-refractivity contribution in [3.8, 4) is 11.4 Å². The Morgan fingerprint density at radius 3 is 2.60 bits per heavy atom. The fourth-order valence-corrected chi connectivity index (χ4v) is 6.65. The highest BCUT2D eigenvalue weighted by Crippen LogP contribution is 2.57. The second-order valence-corrected chi connectivity index (χ2v) is 13.7. The van der Waals surface area contributed by atoms with Crippen LogP contribution in [0, 0.1) is 18.2 Å². The molecular weight excluding hydrogens is 531 g/mol. The maximum absolute atomic E-state index is 13.9. The number of amidine groups is 1. The number of methoxy groups -OCH3 is 1. The zero-order chi connectivity index (χ0) is 28.1. The Hall–Kier alpha value is -3.66. The van der Waals surface area contributed by atoms with Gasteiger partial charge >= 0.3 is 0 Å². The molecule has 3 aliphatic rings. The predicted octanol–water partition coefficient (Wildman–Crippen LogP) is 4.87. The average molecular weight is 565 g/mol. The molecule has 1 atom stereocenters. The first kappa shape index (κ1) is 26.6. The van der Waals surface area contributed by atoms with Crippen LogP contribution in [0.2, 0.25) is 0 Å². The molecule has 1 saturated heterocycles. The number of aryl methyl sites for hydroxylation is 1. The van der Waals surface area contributed by atoms with E-state index >= 15 is 0 Å². The van der Waals surface area contributed by atoms with Gasteiger partial charge in [0.05, 0.1) is 30.6 Å². The number of hydrogen-bond donors (Lipinski definition) is 0. The van der Waals surface area contributed by atoms with Gasteiger partial charge in [-0.05, 0) is 85.1 Å². The van der Waals surface area contributed by atoms with E-state index in [1.807, 2.05) is 35.9 Å². The summed E-state index contributed by atoms with van der Waals surface area (Å²) >= 11 is 0. The second kappa shape index (κ2) is 9.76. The summed E-state index contributed by atoms with van der Waals surface area (Å²) in [6.07, 6.45) is 10.4. The number of rotatable bonds is 7. The van der Waals surface area contributed by atoms with Crippen molar-refractivity contribution in [2.45, 2.75) is 38.1 Å². The number of aromatic nitrogens is 2.